The van der Waals surface area contributed by atoms with E-state index < -0.39 is 21.9 Å². The Balaban J connectivity index is 3.06. The van der Waals surface area contributed by atoms with Crippen molar-refractivity contribution in [2.45, 2.75) is 31.7 Å². The lowest BCUT2D eigenvalue weighted by Crippen LogP contribution is -2.39. The lowest BCUT2D eigenvalue weighted by atomic mass is 9.91. The molecule has 1 amide bonds. The van der Waals surface area contributed by atoms with Crippen molar-refractivity contribution in [2.75, 3.05) is 0 Å². The van der Waals surface area contributed by atoms with Crippen LogP contribution >= 0.6 is 22.9 Å². The molecule has 1 unspecified atom stereocenters. The Bertz CT molecular complexity index is 576. The maximum absolute atomic E-state index is 12.2. The van der Waals surface area contributed by atoms with Gasteiger partial charge in [-0.1, -0.05) is 32.4 Å². The zero-order valence-electron chi connectivity index (χ0n) is 11.0. The lowest BCUT2D eigenvalue weighted by molar-refractivity contribution is -0.120. The third-order valence-electron chi connectivity index (χ3n) is 3.03. The first-order valence-corrected chi connectivity index (χ1v) is 8.57. The minimum atomic E-state index is -3.33. The fourth-order valence-electron chi connectivity index (χ4n) is 1.37. The zero-order chi connectivity index (χ0) is 14.8. The van der Waals surface area contributed by atoms with Crippen molar-refractivity contribution in [3.05, 3.63) is 15.8 Å². The van der Waals surface area contributed by atoms with Crippen LogP contribution in [0.4, 0.5) is 0 Å². The Hall–Kier alpha value is -0.470. The molecule has 3 atom stereocenters. The van der Waals surface area contributed by atoms with Crippen molar-refractivity contribution in [1.29, 1.82) is 0 Å². The molecule has 1 heterocycles. The van der Waals surface area contributed by atoms with Gasteiger partial charge in [0.05, 0.1) is 10.9 Å². The van der Waals surface area contributed by atoms with E-state index in [0.717, 1.165) is 0 Å². The summed E-state index contributed by atoms with van der Waals surface area (Å²) in [5, 5.41) is 7.24. The van der Waals surface area contributed by atoms with E-state index in [0.29, 0.717) is 0 Å². The summed E-state index contributed by atoms with van der Waals surface area (Å²) < 4.78 is 16.1. The van der Waals surface area contributed by atoms with E-state index in [1.165, 1.54) is 17.4 Å². The SMILES string of the molecule is CC(C)[C@H](C)[C@H](N)C(=O)N=S(N)(=O)c1ccsc1Cl. The molecule has 1 rings (SSSR count). The van der Waals surface area contributed by atoms with Crippen LogP contribution in [-0.2, 0) is 14.7 Å². The molecule has 1 aromatic heterocycles. The second kappa shape index (κ2) is 6.32. The van der Waals surface area contributed by atoms with Crippen molar-refractivity contribution >= 4 is 38.8 Å². The summed E-state index contributed by atoms with van der Waals surface area (Å²) >= 11 is 7.04. The van der Waals surface area contributed by atoms with Gasteiger partial charge in [-0.15, -0.1) is 15.7 Å². The fraction of sp³-hybridized carbons (Fsp3) is 0.545. The molecule has 0 aliphatic rings. The molecular weight excluding hydrogens is 306 g/mol. The first-order valence-electron chi connectivity index (χ1n) is 5.74. The highest BCUT2D eigenvalue weighted by atomic mass is 35.5. The van der Waals surface area contributed by atoms with Crippen LogP contribution in [0.2, 0.25) is 4.34 Å². The van der Waals surface area contributed by atoms with Gasteiger partial charge in [0.15, 0.2) is 0 Å². The zero-order valence-corrected chi connectivity index (χ0v) is 13.4. The Morgan fingerprint density at radius 1 is 1.47 bits per heavy atom. The van der Waals surface area contributed by atoms with Crippen molar-refractivity contribution in [3.63, 3.8) is 0 Å². The fourth-order valence-corrected chi connectivity index (χ4v) is 4.00. The van der Waals surface area contributed by atoms with Gasteiger partial charge in [-0.05, 0) is 23.3 Å². The molecule has 5 nitrogen and oxygen atoms in total. The van der Waals surface area contributed by atoms with Crippen molar-refractivity contribution in [2.24, 2.45) is 27.1 Å². The molecule has 0 saturated heterocycles. The first kappa shape index (κ1) is 16.6. The summed E-state index contributed by atoms with van der Waals surface area (Å²) in [7, 11) is -3.33. The monoisotopic (exact) mass is 323 g/mol. The Morgan fingerprint density at radius 3 is 2.47 bits per heavy atom. The quantitative estimate of drug-likeness (QED) is 0.888. The molecule has 108 valence electrons. The standard InChI is InChI=1S/C11H18ClN3O2S2/c1-6(2)7(3)9(13)11(16)15-19(14,17)8-4-5-18-10(8)12/h4-7,9H,13H2,1-3H3,(H2,14,15,16,17)/t7-,9-,19?/m0/s1. The predicted octanol–water partition coefficient (Wildman–Crippen LogP) is 2.25. The summed E-state index contributed by atoms with van der Waals surface area (Å²) in [5.41, 5.74) is 5.81. The normalized spacial score (nSPS) is 17.8. The van der Waals surface area contributed by atoms with Gasteiger partial charge < -0.3 is 5.73 Å². The van der Waals surface area contributed by atoms with E-state index in [-0.39, 0.29) is 21.1 Å². The minimum Gasteiger partial charge on any atom is -0.320 e. The number of carbonyl (C=O) groups is 1. The van der Waals surface area contributed by atoms with E-state index >= 15 is 0 Å². The van der Waals surface area contributed by atoms with Gasteiger partial charge in [0, 0.05) is 0 Å². The summed E-state index contributed by atoms with van der Waals surface area (Å²) in [5.74, 6) is -0.520. The van der Waals surface area contributed by atoms with Gasteiger partial charge in [0.1, 0.15) is 14.3 Å². The second-order valence-corrected chi connectivity index (χ2v) is 7.96. The molecular formula is C11H18ClN3O2S2. The molecule has 19 heavy (non-hydrogen) atoms. The number of thiophene rings is 1. The van der Waals surface area contributed by atoms with Crippen LogP contribution in [-0.4, -0.2) is 16.2 Å². The molecule has 0 aromatic carbocycles. The number of hydrogen-bond donors (Lipinski definition) is 2. The van der Waals surface area contributed by atoms with Crippen LogP contribution in [0.3, 0.4) is 0 Å². The van der Waals surface area contributed by atoms with Crippen LogP contribution in [0.25, 0.3) is 0 Å². The number of halogens is 1. The summed E-state index contributed by atoms with van der Waals surface area (Å²) in [6, 6.07) is 0.686. The van der Waals surface area contributed by atoms with Gasteiger partial charge in [-0.2, -0.15) is 0 Å². The number of amides is 1. The summed E-state index contributed by atoms with van der Waals surface area (Å²) in [6.45, 7) is 5.75. The molecule has 0 fully saturated rings. The number of rotatable bonds is 4. The Labute approximate surface area is 122 Å². The highest BCUT2D eigenvalue weighted by Crippen LogP contribution is 2.27. The largest absolute Gasteiger partial charge is 0.320 e. The van der Waals surface area contributed by atoms with E-state index in [1.54, 1.807) is 5.38 Å². The number of nitrogens with zero attached hydrogens (tertiary/aromatic N) is 1. The van der Waals surface area contributed by atoms with E-state index in [4.69, 9.17) is 22.5 Å². The van der Waals surface area contributed by atoms with E-state index in [1.807, 2.05) is 20.8 Å². The number of nitrogens with two attached hydrogens (primary N) is 2. The smallest absolute Gasteiger partial charge is 0.272 e. The van der Waals surface area contributed by atoms with Gasteiger partial charge in [0.25, 0.3) is 5.91 Å². The van der Waals surface area contributed by atoms with Gasteiger partial charge in [0.2, 0.25) is 0 Å². The number of carbonyl (C=O) groups excluding carboxylic acids is 1. The molecule has 0 aliphatic heterocycles. The highest BCUT2D eigenvalue weighted by molar-refractivity contribution is 7.92. The second-order valence-electron chi connectivity index (χ2n) is 4.69. The minimum absolute atomic E-state index is 0.0793. The molecule has 0 bridgehead atoms. The Kier molecular flexibility index (Phi) is 5.52. The summed E-state index contributed by atoms with van der Waals surface area (Å²) in [6.07, 6.45) is 0. The van der Waals surface area contributed by atoms with Crippen LogP contribution < -0.4 is 10.9 Å². The third kappa shape index (κ3) is 4.00. The van der Waals surface area contributed by atoms with Crippen LogP contribution in [0, 0.1) is 11.8 Å². The number of hydrogen-bond acceptors (Lipinski definition) is 4. The maximum Gasteiger partial charge on any atom is 0.272 e. The molecule has 0 radical (unpaired) electrons. The van der Waals surface area contributed by atoms with Crippen LogP contribution in [0.1, 0.15) is 20.8 Å². The van der Waals surface area contributed by atoms with Gasteiger partial charge >= 0.3 is 0 Å². The van der Waals surface area contributed by atoms with Crippen LogP contribution in [0.5, 0.6) is 0 Å². The molecule has 0 saturated carbocycles. The predicted molar refractivity (Wildman–Crippen MR) is 79.3 cm³/mol. The van der Waals surface area contributed by atoms with Gasteiger partial charge in [-0.3, -0.25) is 4.79 Å². The van der Waals surface area contributed by atoms with Gasteiger partial charge in [-0.25, -0.2) is 9.35 Å². The molecule has 1 aromatic rings. The molecule has 4 N–H and O–H groups in total. The molecule has 0 aliphatic carbocycles. The molecule has 8 heteroatoms. The highest BCUT2D eigenvalue weighted by Gasteiger charge is 2.25. The summed E-state index contributed by atoms with van der Waals surface area (Å²) in [4.78, 5) is 12.1. The van der Waals surface area contributed by atoms with Crippen molar-refractivity contribution < 1.29 is 9.00 Å². The lowest BCUT2D eigenvalue weighted by Gasteiger charge is -2.20. The van der Waals surface area contributed by atoms with E-state index in [2.05, 4.69) is 4.36 Å². The average Bonchev–Trinajstić information content (AvgIpc) is 2.73. The third-order valence-corrected chi connectivity index (χ3v) is 5.86. The first-order chi connectivity index (χ1) is 8.66. The average molecular weight is 324 g/mol. The van der Waals surface area contributed by atoms with Crippen LogP contribution in [0.15, 0.2) is 20.7 Å². The van der Waals surface area contributed by atoms with E-state index in [9.17, 15) is 9.00 Å². The molecule has 0 spiro atoms. The van der Waals surface area contributed by atoms with Crippen molar-refractivity contribution in [1.82, 2.24) is 0 Å². The maximum atomic E-state index is 12.2. The topological polar surface area (TPSA) is 98.5 Å². The van der Waals surface area contributed by atoms with Crippen molar-refractivity contribution in [3.8, 4) is 0 Å². The Morgan fingerprint density at radius 2 is 2.05 bits per heavy atom.